The van der Waals surface area contributed by atoms with Gasteiger partial charge in [-0.1, -0.05) is 266 Å². The van der Waals surface area contributed by atoms with Crippen molar-refractivity contribution in [2.75, 3.05) is 13.2 Å². The highest BCUT2D eigenvalue weighted by Gasteiger charge is 2.19. The summed E-state index contributed by atoms with van der Waals surface area (Å²) in [6, 6.07) is 0. The third kappa shape index (κ3) is 61.3. The SMILES string of the molecule is CC/C=C\C/C=C\C/C=C\CCCCCCCCCC(=O)OC(COC(=O)CCCCCCCCC/C=C\C/C=C\CCCCC)COC(=O)CCCCCCCCCCCCC/C=C\C/C=C\CCCCCCC. The van der Waals surface area contributed by atoms with Gasteiger partial charge in [0.2, 0.25) is 0 Å². The van der Waals surface area contributed by atoms with Gasteiger partial charge in [0.25, 0.3) is 0 Å². The molecule has 0 saturated heterocycles. The van der Waals surface area contributed by atoms with Crippen molar-refractivity contribution in [2.24, 2.45) is 0 Å². The average Bonchev–Trinajstić information content (AvgIpc) is 3.41. The van der Waals surface area contributed by atoms with E-state index in [1.54, 1.807) is 0 Å². The molecule has 75 heavy (non-hydrogen) atoms. The average molecular weight is 1050 g/mol. The van der Waals surface area contributed by atoms with Crippen LogP contribution in [0.25, 0.3) is 0 Å². The predicted molar refractivity (Wildman–Crippen MR) is 325 cm³/mol. The van der Waals surface area contributed by atoms with Crippen LogP contribution in [0.1, 0.15) is 316 Å². The topological polar surface area (TPSA) is 78.9 Å². The van der Waals surface area contributed by atoms with Crippen LogP contribution in [0.15, 0.2) is 85.1 Å². The van der Waals surface area contributed by atoms with E-state index in [1.807, 2.05) is 0 Å². The molecule has 0 aliphatic carbocycles. The third-order valence-corrected chi connectivity index (χ3v) is 13.9. The predicted octanol–water partition coefficient (Wildman–Crippen LogP) is 21.9. The Morgan fingerprint density at radius 2 is 0.520 bits per heavy atom. The molecule has 1 unspecified atom stereocenters. The monoisotopic (exact) mass is 1040 g/mol. The van der Waals surface area contributed by atoms with Gasteiger partial charge >= 0.3 is 17.9 Å². The molecule has 0 radical (unpaired) electrons. The highest BCUT2D eigenvalue weighted by molar-refractivity contribution is 5.71. The lowest BCUT2D eigenvalue weighted by Crippen LogP contribution is -2.30. The number of carbonyl (C=O) groups excluding carboxylic acids is 3. The smallest absolute Gasteiger partial charge is 0.306 e. The lowest BCUT2D eigenvalue weighted by atomic mass is 10.0. The summed E-state index contributed by atoms with van der Waals surface area (Å²) < 4.78 is 16.9. The maximum Gasteiger partial charge on any atom is 0.306 e. The first-order chi connectivity index (χ1) is 37.0. The largest absolute Gasteiger partial charge is 0.462 e. The van der Waals surface area contributed by atoms with Crippen molar-refractivity contribution in [3.63, 3.8) is 0 Å². The summed E-state index contributed by atoms with van der Waals surface area (Å²) in [6.45, 7) is 6.51. The van der Waals surface area contributed by atoms with Gasteiger partial charge in [0.1, 0.15) is 13.2 Å². The Balaban J connectivity index is 4.37. The van der Waals surface area contributed by atoms with Gasteiger partial charge in [-0.25, -0.2) is 0 Å². The Bertz CT molecular complexity index is 1430. The number of allylic oxidation sites excluding steroid dienone is 14. The van der Waals surface area contributed by atoms with Crippen LogP contribution in [0.4, 0.5) is 0 Å². The van der Waals surface area contributed by atoms with E-state index >= 15 is 0 Å². The fourth-order valence-electron chi connectivity index (χ4n) is 9.05. The van der Waals surface area contributed by atoms with E-state index in [0.29, 0.717) is 19.3 Å². The first-order valence-corrected chi connectivity index (χ1v) is 32.1. The summed E-state index contributed by atoms with van der Waals surface area (Å²) in [5, 5.41) is 0. The van der Waals surface area contributed by atoms with Crippen LogP contribution in [0, 0.1) is 0 Å². The molecule has 6 heteroatoms. The molecule has 0 saturated carbocycles. The van der Waals surface area contributed by atoms with Crippen LogP contribution in [-0.2, 0) is 28.6 Å². The molecule has 0 spiro atoms. The van der Waals surface area contributed by atoms with E-state index in [2.05, 4.69) is 106 Å². The number of unbranched alkanes of at least 4 members (excludes halogenated alkanes) is 33. The minimum Gasteiger partial charge on any atom is -0.462 e. The van der Waals surface area contributed by atoms with Crippen molar-refractivity contribution in [2.45, 2.75) is 322 Å². The number of ether oxygens (including phenoxy) is 3. The summed E-state index contributed by atoms with van der Waals surface area (Å²) in [5.74, 6) is -0.891. The minimum absolute atomic E-state index is 0.0833. The van der Waals surface area contributed by atoms with Crippen molar-refractivity contribution < 1.29 is 28.6 Å². The molecule has 0 aromatic heterocycles. The van der Waals surface area contributed by atoms with E-state index in [1.165, 1.54) is 173 Å². The van der Waals surface area contributed by atoms with Gasteiger partial charge in [-0.3, -0.25) is 14.4 Å². The van der Waals surface area contributed by atoms with Gasteiger partial charge in [-0.15, -0.1) is 0 Å². The van der Waals surface area contributed by atoms with E-state index in [4.69, 9.17) is 14.2 Å². The minimum atomic E-state index is -0.788. The number of esters is 3. The summed E-state index contributed by atoms with van der Waals surface area (Å²) in [4.78, 5) is 38.3. The number of hydrogen-bond donors (Lipinski definition) is 0. The zero-order valence-electron chi connectivity index (χ0n) is 49.6. The molecule has 0 amide bonds. The molecule has 0 fully saturated rings. The molecule has 0 rings (SSSR count). The van der Waals surface area contributed by atoms with Crippen LogP contribution >= 0.6 is 0 Å². The van der Waals surface area contributed by atoms with Gasteiger partial charge in [0.15, 0.2) is 6.10 Å². The summed E-state index contributed by atoms with van der Waals surface area (Å²) in [6.07, 6.45) is 82.9. The Morgan fingerprint density at radius 3 is 0.840 bits per heavy atom. The van der Waals surface area contributed by atoms with E-state index in [0.717, 1.165) is 103 Å². The molecule has 0 aliphatic heterocycles. The van der Waals surface area contributed by atoms with E-state index in [9.17, 15) is 14.4 Å². The zero-order chi connectivity index (χ0) is 54.3. The Kier molecular flexibility index (Phi) is 60.3. The molecular weight excluding hydrogens is 925 g/mol. The van der Waals surface area contributed by atoms with Crippen LogP contribution in [0.5, 0.6) is 0 Å². The molecule has 0 N–H and O–H groups in total. The van der Waals surface area contributed by atoms with E-state index < -0.39 is 6.10 Å². The maximum atomic E-state index is 12.9. The Labute approximate surface area is 465 Å². The van der Waals surface area contributed by atoms with Crippen molar-refractivity contribution in [3.05, 3.63) is 85.1 Å². The number of carbonyl (C=O) groups is 3. The molecule has 0 heterocycles. The molecule has 0 aliphatic rings. The quantitative estimate of drug-likeness (QED) is 0.0261. The standard InChI is InChI=1S/C69H120O6/c1-4-7-10-13-16-19-22-25-28-31-32-33-34-35-36-39-41-44-47-50-53-56-59-62-68(71)74-65-66(75-69(72)63-60-57-54-51-48-45-42-38-30-27-24-21-18-15-12-9-6-3)64-73-67(70)61-58-55-52-49-46-43-40-37-29-26-23-20-17-14-11-8-5-2/h9,12,17-18,20-22,25-27,29-32,66H,4-8,10-11,13-16,19,23-24,28,33-65H2,1-3H3/b12-9-,20-17-,21-18-,25-22-,29-26-,30-27-,32-31-. The molecule has 432 valence electrons. The van der Waals surface area contributed by atoms with Crippen LogP contribution in [0.2, 0.25) is 0 Å². The maximum absolute atomic E-state index is 12.9. The Morgan fingerprint density at radius 1 is 0.280 bits per heavy atom. The molecule has 6 nitrogen and oxygen atoms in total. The summed E-state index contributed by atoms with van der Waals surface area (Å²) in [7, 11) is 0. The summed E-state index contributed by atoms with van der Waals surface area (Å²) in [5.41, 5.74) is 0. The second kappa shape index (κ2) is 63.1. The fraction of sp³-hybridized carbons (Fsp3) is 0.754. The van der Waals surface area contributed by atoms with Gasteiger partial charge < -0.3 is 14.2 Å². The fourth-order valence-corrected chi connectivity index (χ4v) is 9.05. The van der Waals surface area contributed by atoms with Gasteiger partial charge in [-0.2, -0.15) is 0 Å². The van der Waals surface area contributed by atoms with Crippen molar-refractivity contribution in [3.8, 4) is 0 Å². The van der Waals surface area contributed by atoms with Crippen molar-refractivity contribution >= 4 is 17.9 Å². The first kappa shape index (κ1) is 71.6. The van der Waals surface area contributed by atoms with Crippen molar-refractivity contribution in [1.29, 1.82) is 0 Å². The molecule has 1 atom stereocenters. The van der Waals surface area contributed by atoms with Gasteiger partial charge in [0.05, 0.1) is 0 Å². The lowest BCUT2D eigenvalue weighted by Gasteiger charge is -2.18. The second-order valence-corrected chi connectivity index (χ2v) is 21.3. The molecule has 0 bridgehead atoms. The third-order valence-electron chi connectivity index (χ3n) is 13.9. The van der Waals surface area contributed by atoms with Crippen LogP contribution in [-0.4, -0.2) is 37.2 Å². The number of rotatable bonds is 58. The molecule has 0 aromatic rings. The molecule has 0 aromatic carbocycles. The van der Waals surface area contributed by atoms with Crippen molar-refractivity contribution in [1.82, 2.24) is 0 Å². The highest BCUT2D eigenvalue weighted by Crippen LogP contribution is 2.16. The number of hydrogen-bond acceptors (Lipinski definition) is 6. The second-order valence-electron chi connectivity index (χ2n) is 21.3. The van der Waals surface area contributed by atoms with Crippen LogP contribution < -0.4 is 0 Å². The lowest BCUT2D eigenvalue weighted by molar-refractivity contribution is -0.167. The summed E-state index contributed by atoms with van der Waals surface area (Å²) >= 11 is 0. The molecular formula is C69H120O6. The van der Waals surface area contributed by atoms with Crippen LogP contribution in [0.3, 0.4) is 0 Å². The van der Waals surface area contributed by atoms with Gasteiger partial charge in [0, 0.05) is 19.3 Å². The first-order valence-electron chi connectivity index (χ1n) is 32.1. The zero-order valence-corrected chi connectivity index (χ0v) is 49.6. The van der Waals surface area contributed by atoms with Gasteiger partial charge in [-0.05, 0) is 116 Å². The Hall–Kier alpha value is -3.41. The van der Waals surface area contributed by atoms with E-state index in [-0.39, 0.29) is 31.1 Å². The normalized spacial score (nSPS) is 12.6. The highest BCUT2D eigenvalue weighted by atomic mass is 16.6.